The molecular formula is C13H7F5O. The minimum atomic E-state index is -4.85. The van der Waals surface area contributed by atoms with E-state index in [0.717, 1.165) is 24.3 Å². The first-order valence-electron chi connectivity index (χ1n) is 5.14. The highest BCUT2D eigenvalue weighted by Crippen LogP contribution is 2.35. The van der Waals surface area contributed by atoms with Crippen LogP contribution in [0.3, 0.4) is 0 Å². The zero-order chi connectivity index (χ0) is 14.2. The van der Waals surface area contributed by atoms with Gasteiger partial charge in [0.05, 0.1) is 5.56 Å². The van der Waals surface area contributed by atoms with Gasteiger partial charge in [0.1, 0.15) is 17.4 Å². The Hall–Kier alpha value is -2.11. The quantitative estimate of drug-likeness (QED) is 0.766. The molecule has 0 aliphatic carbocycles. The minimum Gasteiger partial charge on any atom is -0.508 e. The third-order valence-electron chi connectivity index (χ3n) is 2.54. The highest BCUT2D eigenvalue weighted by molar-refractivity contribution is 5.66. The molecule has 2 aromatic rings. The highest BCUT2D eigenvalue weighted by atomic mass is 19.4. The van der Waals surface area contributed by atoms with Gasteiger partial charge in [0.25, 0.3) is 0 Å². The monoisotopic (exact) mass is 274 g/mol. The molecule has 0 unspecified atom stereocenters. The molecule has 0 heterocycles. The van der Waals surface area contributed by atoms with Crippen LogP contribution in [-0.2, 0) is 6.18 Å². The zero-order valence-electron chi connectivity index (χ0n) is 9.30. The third kappa shape index (κ3) is 2.67. The van der Waals surface area contributed by atoms with E-state index < -0.39 is 23.4 Å². The number of hydrogen-bond acceptors (Lipinski definition) is 1. The van der Waals surface area contributed by atoms with Gasteiger partial charge in [-0.1, -0.05) is 6.07 Å². The van der Waals surface area contributed by atoms with Crippen molar-refractivity contribution < 1.29 is 27.1 Å². The Bertz CT molecular complexity index is 619. The Kier molecular flexibility index (Phi) is 3.18. The molecule has 1 nitrogen and oxygen atoms in total. The fourth-order valence-electron chi connectivity index (χ4n) is 1.65. The Balaban J connectivity index is 2.58. The van der Waals surface area contributed by atoms with Gasteiger partial charge in [0.15, 0.2) is 0 Å². The van der Waals surface area contributed by atoms with Crippen molar-refractivity contribution in [3.8, 4) is 16.9 Å². The van der Waals surface area contributed by atoms with Crippen LogP contribution in [0.5, 0.6) is 5.75 Å². The molecule has 0 fully saturated rings. The summed E-state index contributed by atoms with van der Waals surface area (Å²) in [6.07, 6.45) is -4.85. The van der Waals surface area contributed by atoms with E-state index in [-0.39, 0.29) is 16.9 Å². The van der Waals surface area contributed by atoms with Crippen LogP contribution in [0.15, 0.2) is 36.4 Å². The third-order valence-corrected chi connectivity index (χ3v) is 2.54. The molecule has 0 atom stereocenters. The summed E-state index contributed by atoms with van der Waals surface area (Å²) in [5.74, 6) is -2.66. The predicted molar refractivity (Wildman–Crippen MR) is 58.5 cm³/mol. The van der Waals surface area contributed by atoms with Gasteiger partial charge in [0.2, 0.25) is 0 Å². The summed E-state index contributed by atoms with van der Waals surface area (Å²) in [4.78, 5) is 0. The molecule has 0 bridgehead atoms. The van der Waals surface area contributed by atoms with Gasteiger partial charge >= 0.3 is 6.18 Å². The summed E-state index contributed by atoms with van der Waals surface area (Å²) in [6.45, 7) is 0. The van der Waals surface area contributed by atoms with Crippen LogP contribution in [0.25, 0.3) is 11.1 Å². The normalized spacial score (nSPS) is 11.6. The maximum absolute atomic E-state index is 13.5. The average Bonchev–Trinajstić information content (AvgIpc) is 2.29. The molecular weight excluding hydrogens is 267 g/mol. The van der Waals surface area contributed by atoms with Crippen LogP contribution in [0, 0.1) is 11.6 Å². The molecule has 0 radical (unpaired) electrons. The lowest BCUT2D eigenvalue weighted by Gasteiger charge is -2.10. The molecule has 1 N–H and O–H groups in total. The van der Waals surface area contributed by atoms with E-state index in [1.807, 2.05) is 0 Å². The first kappa shape index (κ1) is 13.3. The molecule has 0 aliphatic rings. The number of aromatic hydroxyl groups is 1. The number of hydrogen-bond donors (Lipinski definition) is 1. The summed E-state index contributed by atoms with van der Waals surface area (Å²) < 4.78 is 64.2. The van der Waals surface area contributed by atoms with Crippen molar-refractivity contribution in [3.05, 3.63) is 53.6 Å². The Labute approximate surface area is 104 Å². The van der Waals surface area contributed by atoms with Crippen LogP contribution in [-0.4, -0.2) is 5.11 Å². The lowest BCUT2D eigenvalue weighted by Crippen LogP contribution is -2.08. The molecule has 2 aromatic carbocycles. The van der Waals surface area contributed by atoms with Crippen molar-refractivity contribution in [2.45, 2.75) is 6.18 Å². The first-order chi connectivity index (χ1) is 8.79. The van der Waals surface area contributed by atoms with Crippen LogP contribution in [0.4, 0.5) is 22.0 Å². The second-order valence-electron chi connectivity index (χ2n) is 3.86. The zero-order valence-corrected chi connectivity index (χ0v) is 9.30. The van der Waals surface area contributed by atoms with Crippen molar-refractivity contribution in [2.75, 3.05) is 0 Å². The van der Waals surface area contributed by atoms with Crippen LogP contribution in [0.2, 0.25) is 0 Å². The maximum Gasteiger partial charge on any atom is 0.419 e. The minimum absolute atomic E-state index is 0.119. The molecule has 0 spiro atoms. The van der Waals surface area contributed by atoms with E-state index in [4.69, 9.17) is 5.11 Å². The number of rotatable bonds is 1. The van der Waals surface area contributed by atoms with Crippen molar-refractivity contribution >= 4 is 0 Å². The molecule has 0 amide bonds. The predicted octanol–water partition coefficient (Wildman–Crippen LogP) is 4.36. The van der Waals surface area contributed by atoms with Gasteiger partial charge in [-0.2, -0.15) is 13.2 Å². The number of halogens is 5. The van der Waals surface area contributed by atoms with Crippen LogP contribution >= 0.6 is 0 Å². The van der Waals surface area contributed by atoms with E-state index in [2.05, 4.69) is 0 Å². The van der Waals surface area contributed by atoms with E-state index in [0.29, 0.717) is 12.1 Å². The van der Waals surface area contributed by atoms with Crippen LogP contribution in [0.1, 0.15) is 5.56 Å². The maximum atomic E-state index is 13.5. The highest BCUT2D eigenvalue weighted by Gasteiger charge is 2.34. The summed E-state index contributed by atoms with van der Waals surface area (Å²) >= 11 is 0. The van der Waals surface area contributed by atoms with Crippen molar-refractivity contribution in [2.24, 2.45) is 0 Å². The Morgan fingerprint density at radius 2 is 1.53 bits per heavy atom. The van der Waals surface area contributed by atoms with Gasteiger partial charge in [-0.3, -0.25) is 0 Å². The second kappa shape index (κ2) is 4.53. The van der Waals surface area contributed by atoms with E-state index in [1.165, 1.54) is 0 Å². The van der Waals surface area contributed by atoms with Gasteiger partial charge < -0.3 is 5.11 Å². The Morgan fingerprint density at radius 1 is 0.842 bits per heavy atom. The largest absolute Gasteiger partial charge is 0.508 e. The standard InChI is InChI=1S/C13H7F5O/c14-11-4-1-7(5-10(11)13(16,17)18)9-3-2-8(19)6-12(9)15/h1-6,19H. The SMILES string of the molecule is Oc1ccc(-c2ccc(F)c(C(F)(F)F)c2)c(F)c1. The van der Waals surface area contributed by atoms with E-state index >= 15 is 0 Å². The molecule has 19 heavy (non-hydrogen) atoms. The summed E-state index contributed by atoms with van der Waals surface area (Å²) in [7, 11) is 0. The lowest BCUT2D eigenvalue weighted by atomic mass is 10.0. The first-order valence-corrected chi connectivity index (χ1v) is 5.14. The fraction of sp³-hybridized carbons (Fsp3) is 0.0769. The molecule has 0 saturated carbocycles. The van der Waals surface area contributed by atoms with Gasteiger partial charge in [-0.25, -0.2) is 8.78 Å². The average molecular weight is 274 g/mol. The summed E-state index contributed by atoms with van der Waals surface area (Å²) in [5, 5.41) is 9.03. The number of benzene rings is 2. The molecule has 0 saturated heterocycles. The van der Waals surface area contributed by atoms with Crippen LogP contribution < -0.4 is 0 Å². The molecule has 100 valence electrons. The number of alkyl halides is 3. The van der Waals surface area contributed by atoms with Crippen molar-refractivity contribution in [3.63, 3.8) is 0 Å². The topological polar surface area (TPSA) is 20.2 Å². The summed E-state index contributed by atoms with van der Waals surface area (Å²) in [5.41, 5.74) is -1.73. The summed E-state index contributed by atoms with van der Waals surface area (Å²) in [6, 6.07) is 5.23. The van der Waals surface area contributed by atoms with E-state index in [1.54, 1.807) is 0 Å². The van der Waals surface area contributed by atoms with Gasteiger partial charge in [0, 0.05) is 11.6 Å². The second-order valence-corrected chi connectivity index (χ2v) is 3.86. The molecule has 6 heteroatoms. The fourth-order valence-corrected chi connectivity index (χ4v) is 1.65. The van der Waals surface area contributed by atoms with E-state index in [9.17, 15) is 22.0 Å². The number of phenolic OH excluding ortho intramolecular Hbond substituents is 1. The number of phenols is 1. The van der Waals surface area contributed by atoms with Crippen molar-refractivity contribution in [1.29, 1.82) is 0 Å². The van der Waals surface area contributed by atoms with Crippen molar-refractivity contribution in [1.82, 2.24) is 0 Å². The molecule has 0 aliphatic heterocycles. The van der Waals surface area contributed by atoms with Gasteiger partial charge in [-0.15, -0.1) is 0 Å². The Morgan fingerprint density at radius 3 is 2.11 bits per heavy atom. The van der Waals surface area contributed by atoms with Gasteiger partial charge in [-0.05, 0) is 29.8 Å². The lowest BCUT2D eigenvalue weighted by molar-refractivity contribution is -0.139. The smallest absolute Gasteiger partial charge is 0.419 e. The molecule has 2 rings (SSSR count). The molecule has 0 aromatic heterocycles.